The number of carbonyl (C=O) groups is 2. The number of carbonyl (C=O) groups excluding carboxylic acids is 2. The predicted molar refractivity (Wildman–Crippen MR) is 94.2 cm³/mol. The summed E-state index contributed by atoms with van der Waals surface area (Å²) in [5, 5.41) is 7.05. The van der Waals surface area contributed by atoms with E-state index in [0.29, 0.717) is 17.5 Å². The van der Waals surface area contributed by atoms with Crippen LogP contribution in [0.15, 0.2) is 10.6 Å². The molecule has 2 aliphatic rings. The van der Waals surface area contributed by atoms with Gasteiger partial charge in [-0.15, -0.1) is 0 Å². The van der Waals surface area contributed by atoms with E-state index in [0.717, 1.165) is 51.0 Å². The molecule has 138 valence electrons. The summed E-state index contributed by atoms with van der Waals surface area (Å²) in [6.45, 7) is 7.54. The fraction of sp³-hybridized carbons (Fsp3) is 0.737. The van der Waals surface area contributed by atoms with Gasteiger partial charge in [0.05, 0.1) is 0 Å². The first-order valence-corrected chi connectivity index (χ1v) is 9.55. The van der Waals surface area contributed by atoms with Crippen molar-refractivity contribution in [3.05, 3.63) is 17.5 Å². The minimum absolute atomic E-state index is 0.0473. The Morgan fingerprint density at radius 3 is 2.52 bits per heavy atom. The molecule has 1 unspecified atom stereocenters. The van der Waals surface area contributed by atoms with E-state index in [4.69, 9.17) is 4.52 Å². The van der Waals surface area contributed by atoms with Crippen molar-refractivity contribution in [2.75, 3.05) is 13.1 Å². The number of hydrogen-bond acceptors (Lipinski definition) is 4. The van der Waals surface area contributed by atoms with Gasteiger partial charge in [0.1, 0.15) is 5.76 Å². The number of piperidine rings is 1. The first-order chi connectivity index (χ1) is 12.0. The van der Waals surface area contributed by atoms with Gasteiger partial charge in [0, 0.05) is 37.0 Å². The van der Waals surface area contributed by atoms with Crippen molar-refractivity contribution >= 4 is 11.8 Å². The molecule has 0 bridgehead atoms. The van der Waals surface area contributed by atoms with E-state index in [1.165, 1.54) is 0 Å². The number of nitrogens with zero attached hydrogens (tertiary/aromatic N) is 2. The van der Waals surface area contributed by atoms with Crippen LogP contribution in [0.5, 0.6) is 0 Å². The summed E-state index contributed by atoms with van der Waals surface area (Å²) in [4.78, 5) is 26.5. The van der Waals surface area contributed by atoms with Crippen LogP contribution in [-0.2, 0) is 4.79 Å². The zero-order chi connectivity index (χ0) is 18.0. The minimum atomic E-state index is -0.150. The van der Waals surface area contributed by atoms with Crippen LogP contribution >= 0.6 is 0 Å². The van der Waals surface area contributed by atoms with Crippen molar-refractivity contribution in [2.45, 2.75) is 64.8 Å². The third-order valence-corrected chi connectivity index (χ3v) is 5.41. The average Bonchev–Trinajstić information content (AvgIpc) is 3.35. The van der Waals surface area contributed by atoms with Gasteiger partial charge in [0.15, 0.2) is 5.69 Å². The van der Waals surface area contributed by atoms with Gasteiger partial charge in [-0.25, -0.2) is 0 Å². The smallest absolute Gasteiger partial charge is 0.273 e. The second-order valence-electron chi connectivity index (χ2n) is 7.69. The lowest BCUT2D eigenvalue weighted by Gasteiger charge is -2.36. The molecule has 6 nitrogen and oxygen atoms in total. The topological polar surface area (TPSA) is 75.4 Å². The molecule has 1 atom stereocenters. The quantitative estimate of drug-likeness (QED) is 0.858. The first kappa shape index (κ1) is 18.0. The van der Waals surface area contributed by atoms with Crippen molar-refractivity contribution in [1.82, 2.24) is 15.4 Å². The second kappa shape index (κ2) is 7.58. The van der Waals surface area contributed by atoms with E-state index in [9.17, 15) is 9.59 Å². The molecule has 1 saturated heterocycles. The van der Waals surface area contributed by atoms with Crippen LogP contribution in [0.25, 0.3) is 0 Å². The van der Waals surface area contributed by atoms with E-state index >= 15 is 0 Å². The normalized spacial score (nSPS) is 19.9. The lowest BCUT2D eigenvalue weighted by atomic mass is 9.87. The molecule has 6 heteroatoms. The van der Waals surface area contributed by atoms with Crippen LogP contribution in [0, 0.1) is 11.8 Å². The number of rotatable bonds is 6. The van der Waals surface area contributed by atoms with Gasteiger partial charge in [-0.2, -0.15) is 0 Å². The molecule has 0 aromatic carbocycles. The second-order valence-corrected chi connectivity index (χ2v) is 7.69. The van der Waals surface area contributed by atoms with Gasteiger partial charge in [-0.1, -0.05) is 25.9 Å². The van der Waals surface area contributed by atoms with Gasteiger partial charge < -0.3 is 14.7 Å². The highest BCUT2D eigenvalue weighted by Crippen LogP contribution is 2.40. The Morgan fingerprint density at radius 2 is 1.96 bits per heavy atom. The van der Waals surface area contributed by atoms with Crippen LogP contribution in [-0.4, -0.2) is 41.0 Å². The number of hydrogen-bond donors (Lipinski definition) is 1. The fourth-order valence-electron chi connectivity index (χ4n) is 3.64. The minimum Gasteiger partial charge on any atom is -0.360 e. The molecule has 1 aromatic heterocycles. The third-order valence-electron chi connectivity index (χ3n) is 5.41. The maximum absolute atomic E-state index is 12.5. The van der Waals surface area contributed by atoms with Crippen LogP contribution in [0.1, 0.15) is 75.0 Å². The van der Waals surface area contributed by atoms with E-state index in [-0.39, 0.29) is 23.8 Å². The van der Waals surface area contributed by atoms with Gasteiger partial charge in [0.25, 0.3) is 5.91 Å². The van der Waals surface area contributed by atoms with Crippen molar-refractivity contribution in [3.8, 4) is 0 Å². The SMILES string of the molecule is CCC(NC(=O)c1cc(C2CC2)on1)C1CCN(C(=O)C(C)C)CC1. The molecular weight excluding hydrogens is 318 g/mol. The first-order valence-electron chi connectivity index (χ1n) is 9.55. The predicted octanol–water partition coefficient (Wildman–Crippen LogP) is 2.96. The van der Waals surface area contributed by atoms with Gasteiger partial charge in [0.2, 0.25) is 5.91 Å². The molecule has 1 N–H and O–H groups in total. The summed E-state index contributed by atoms with van der Waals surface area (Å²) in [6, 6.07) is 1.90. The highest BCUT2D eigenvalue weighted by Gasteiger charge is 2.31. The standard InChI is InChI=1S/C19H29N3O3/c1-4-15(13-7-9-22(10-8-13)19(24)12(2)3)20-18(23)16-11-17(25-21-16)14-5-6-14/h11-15H,4-10H2,1-3H3,(H,20,23). The molecule has 25 heavy (non-hydrogen) atoms. The number of likely N-dealkylation sites (tertiary alicyclic amines) is 1. The Labute approximate surface area is 149 Å². The zero-order valence-corrected chi connectivity index (χ0v) is 15.5. The summed E-state index contributed by atoms with van der Waals surface area (Å²) in [6.07, 6.45) is 5.00. The fourth-order valence-corrected chi connectivity index (χ4v) is 3.64. The largest absolute Gasteiger partial charge is 0.360 e. The van der Waals surface area contributed by atoms with Crippen LogP contribution in [0.4, 0.5) is 0 Å². The Kier molecular flexibility index (Phi) is 5.45. The van der Waals surface area contributed by atoms with Gasteiger partial charge >= 0.3 is 0 Å². The molecular formula is C19H29N3O3. The summed E-state index contributed by atoms with van der Waals surface area (Å²) in [7, 11) is 0. The van der Waals surface area contributed by atoms with E-state index in [1.807, 2.05) is 18.7 Å². The Balaban J connectivity index is 1.53. The third kappa shape index (κ3) is 4.22. The van der Waals surface area contributed by atoms with Gasteiger partial charge in [-0.3, -0.25) is 9.59 Å². The van der Waals surface area contributed by atoms with Crippen molar-refractivity contribution < 1.29 is 14.1 Å². The maximum Gasteiger partial charge on any atom is 0.273 e. The molecule has 0 radical (unpaired) electrons. The van der Waals surface area contributed by atoms with E-state index in [2.05, 4.69) is 17.4 Å². The Morgan fingerprint density at radius 1 is 1.28 bits per heavy atom. The molecule has 1 aromatic rings. The average molecular weight is 347 g/mol. The molecule has 1 saturated carbocycles. The van der Waals surface area contributed by atoms with Crippen LogP contribution < -0.4 is 5.32 Å². The van der Waals surface area contributed by atoms with Crippen LogP contribution in [0.2, 0.25) is 0 Å². The van der Waals surface area contributed by atoms with E-state index in [1.54, 1.807) is 6.07 Å². The molecule has 1 aliphatic carbocycles. The molecule has 2 heterocycles. The lowest BCUT2D eigenvalue weighted by Crippen LogP contribution is -2.47. The number of nitrogens with one attached hydrogen (secondary N) is 1. The van der Waals surface area contributed by atoms with Crippen molar-refractivity contribution in [3.63, 3.8) is 0 Å². The number of amides is 2. The van der Waals surface area contributed by atoms with Gasteiger partial charge in [-0.05, 0) is 38.0 Å². The molecule has 3 rings (SSSR count). The van der Waals surface area contributed by atoms with Crippen molar-refractivity contribution in [2.24, 2.45) is 11.8 Å². The summed E-state index contributed by atoms with van der Waals surface area (Å²) in [5.41, 5.74) is 0.382. The summed E-state index contributed by atoms with van der Waals surface area (Å²) in [5.74, 6) is 1.82. The summed E-state index contributed by atoms with van der Waals surface area (Å²) < 4.78 is 5.28. The number of aromatic nitrogens is 1. The Bertz CT molecular complexity index is 613. The van der Waals surface area contributed by atoms with Crippen molar-refractivity contribution in [1.29, 1.82) is 0 Å². The molecule has 1 aliphatic heterocycles. The van der Waals surface area contributed by atoms with E-state index < -0.39 is 0 Å². The molecule has 2 amide bonds. The Hall–Kier alpha value is -1.85. The summed E-state index contributed by atoms with van der Waals surface area (Å²) >= 11 is 0. The van der Waals surface area contributed by atoms with Crippen LogP contribution in [0.3, 0.4) is 0 Å². The lowest BCUT2D eigenvalue weighted by molar-refractivity contribution is -0.136. The highest BCUT2D eigenvalue weighted by molar-refractivity contribution is 5.92. The molecule has 2 fully saturated rings. The zero-order valence-electron chi connectivity index (χ0n) is 15.5. The highest BCUT2D eigenvalue weighted by atomic mass is 16.5. The maximum atomic E-state index is 12.5. The molecule has 0 spiro atoms. The monoisotopic (exact) mass is 347 g/mol.